The zero-order valence-corrected chi connectivity index (χ0v) is 12.9. The fourth-order valence-electron chi connectivity index (χ4n) is 2.23. The molecule has 2 heterocycles. The van der Waals surface area contributed by atoms with Crippen LogP contribution in [0.4, 0.5) is 0 Å². The number of thiophene rings is 1. The van der Waals surface area contributed by atoms with Crippen molar-refractivity contribution >= 4 is 21.5 Å². The summed E-state index contributed by atoms with van der Waals surface area (Å²) in [6.07, 6.45) is 0.822. The van der Waals surface area contributed by atoms with Gasteiger partial charge in [-0.3, -0.25) is 0 Å². The Balaban J connectivity index is 2.32. The van der Waals surface area contributed by atoms with E-state index in [9.17, 15) is 8.42 Å². The molecule has 0 saturated heterocycles. The molecule has 1 unspecified atom stereocenters. The van der Waals surface area contributed by atoms with Crippen molar-refractivity contribution in [2.75, 3.05) is 13.6 Å². The Labute approximate surface area is 113 Å². The molecule has 1 aliphatic heterocycles. The maximum absolute atomic E-state index is 12.5. The van der Waals surface area contributed by atoms with Gasteiger partial charge in [-0.15, -0.1) is 11.3 Å². The highest BCUT2D eigenvalue weighted by Crippen LogP contribution is 2.35. The molecule has 1 aromatic rings. The van der Waals surface area contributed by atoms with Gasteiger partial charge in [-0.05, 0) is 44.2 Å². The summed E-state index contributed by atoms with van der Waals surface area (Å²) >= 11 is 1.72. The molecule has 0 aliphatic carbocycles. The first-order valence-electron chi connectivity index (χ1n) is 6.16. The fourth-order valence-corrected chi connectivity index (χ4v) is 4.90. The largest absolute Gasteiger partial charge is 0.282 e. The maximum Gasteiger partial charge on any atom is 0.282 e. The van der Waals surface area contributed by atoms with Crippen LogP contribution in [0.3, 0.4) is 0 Å². The van der Waals surface area contributed by atoms with Gasteiger partial charge in [0.15, 0.2) is 0 Å². The Hall–Kier alpha value is -0.430. The van der Waals surface area contributed by atoms with Crippen LogP contribution < -0.4 is 0 Å². The first-order chi connectivity index (χ1) is 8.35. The Bertz CT molecular complexity index is 522. The van der Waals surface area contributed by atoms with Gasteiger partial charge in [0.1, 0.15) is 0 Å². The minimum Gasteiger partial charge on any atom is -0.195 e. The quantitative estimate of drug-likeness (QED) is 0.856. The number of hydrogen-bond acceptors (Lipinski definition) is 3. The average Bonchev–Trinajstić information content (AvgIpc) is 2.76. The van der Waals surface area contributed by atoms with Crippen LogP contribution in [-0.4, -0.2) is 36.7 Å². The Morgan fingerprint density at radius 1 is 1.50 bits per heavy atom. The van der Waals surface area contributed by atoms with E-state index in [0.717, 1.165) is 12.0 Å². The topological polar surface area (TPSA) is 40.6 Å². The molecule has 1 aliphatic rings. The zero-order chi connectivity index (χ0) is 13.5. The molecule has 0 fully saturated rings. The van der Waals surface area contributed by atoms with Crippen LogP contribution in [0.2, 0.25) is 0 Å². The molecule has 0 saturated carbocycles. The zero-order valence-electron chi connectivity index (χ0n) is 11.3. The van der Waals surface area contributed by atoms with Crippen LogP contribution in [0.5, 0.6) is 0 Å². The van der Waals surface area contributed by atoms with E-state index in [1.807, 2.05) is 32.2 Å². The average molecular weight is 288 g/mol. The van der Waals surface area contributed by atoms with Crippen LogP contribution in [0.25, 0.3) is 0 Å². The third-order valence-corrected chi connectivity index (χ3v) is 6.85. The molecule has 0 radical (unpaired) electrons. The SMILES string of the molecule is CC(C)N(C)S(=O)(=O)N1CCc2sccc2C1C. The van der Waals surface area contributed by atoms with E-state index in [1.54, 1.807) is 22.7 Å². The second-order valence-corrected chi connectivity index (χ2v) is 7.89. The molecule has 0 aromatic carbocycles. The summed E-state index contributed by atoms with van der Waals surface area (Å²) in [4.78, 5) is 1.32. The van der Waals surface area contributed by atoms with Gasteiger partial charge in [-0.2, -0.15) is 17.0 Å². The number of nitrogens with zero attached hydrogens (tertiary/aromatic N) is 2. The second kappa shape index (κ2) is 4.92. The molecule has 0 amide bonds. The summed E-state index contributed by atoms with van der Waals surface area (Å²) in [6.45, 7) is 6.33. The van der Waals surface area contributed by atoms with Crippen LogP contribution in [0, 0.1) is 0 Å². The third kappa shape index (κ3) is 2.22. The highest BCUT2D eigenvalue weighted by atomic mass is 32.2. The van der Waals surface area contributed by atoms with Gasteiger partial charge in [0, 0.05) is 30.6 Å². The number of fused-ring (bicyclic) bond motifs is 1. The van der Waals surface area contributed by atoms with Crippen molar-refractivity contribution in [1.29, 1.82) is 0 Å². The summed E-state index contributed by atoms with van der Waals surface area (Å²) in [5, 5.41) is 2.05. The van der Waals surface area contributed by atoms with E-state index in [-0.39, 0.29) is 12.1 Å². The molecule has 4 nitrogen and oxygen atoms in total. The first kappa shape index (κ1) is 14.0. The molecular weight excluding hydrogens is 268 g/mol. The Morgan fingerprint density at radius 3 is 2.78 bits per heavy atom. The van der Waals surface area contributed by atoms with Crippen molar-refractivity contribution in [3.05, 3.63) is 21.9 Å². The number of hydrogen-bond donors (Lipinski definition) is 0. The molecule has 0 bridgehead atoms. The van der Waals surface area contributed by atoms with Gasteiger partial charge in [0.2, 0.25) is 0 Å². The molecule has 102 valence electrons. The molecule has 0 spiro atoms. The van der Waals surface area contributed by atoms with Crippen LogP contribution in [0.1, 0.15) is 37.3 Å². The van der Waals surface area contributed by atoms with Gasteiger partial charge in [-0.25, -0.2) is 0 Å². The maximum atomic E-state index is 12.5. The molecule has 0 N–H and O–H groups in total. The lowest BCUT2D eigenvalue weighted by molar-refractivity contribution is 0.286. The standard InChI is InChI=1S/C12H20N2O2S2/c1-9(2)13(4)18(15,16)14-7-5-12-11(10(14)3)6-8-17-12/h6,8-10H,5,7H2,1-4H3. The highest BCUT2D eigenvalue weighted by molar-refractivity contribution is 7.86. The fraction of sp³-hybridized carbons (Fsp3) is 0.667. The van der Waals surface area contributed by atoms with Gasteiger partial charge >= 0.3 is 0 Å². The lowest BCUT2D eigenvalue weighted by Gasteiger charge is -2.36. The lowest BCUT2D eigenvalue weighted by atomic mass is 10.0. The van der Waals surface area contributed by atoms with Crippen LogP contribution >= 0.6 is 11.3 Å². The van der Waals surface area contributed by atoms with Gasteiger partial charge < -0.3 is 0 Å². The molecule has 1 atom stereocenters. The lowest BCUT2D eigenvalue weighted by Crippen LogP contribution is -2.47. The third-order valence-electron chi connectivity index (χ3n) is 3.61. The van der Waals surface area contributed by atoms with E-state index >= 15 is 0 Å². The smallest absolute Gasteiger partial charge is 0.195 e. The van der Waals surface area contributed by atoms with Crippen molar-refractivity contribution in [1.82, 2.24) is 8.61 Å². The molecule has 1 aromatic heterocycles. The summed E-state index contributed by atoms with van der Waals surface area (Å²) < 4.78 is 28.1. The monoisotopic (exact) mass is 288 g/mol. The molecule has 6 heteroatoms. The summed E-state index contributed by atoms with van der Waals surface area (Å²) in [5.74, 6) is 0. The van der Waals surface area contributed by atoms with E-state index in [0.29, 0.717) is 6.54 Å². The highest BCUT2D eigenvalue weighted by Gasteiger charge is 2.36. The van der Waals surface area contributed by atoms with Crippen molar-refractivity contribution in [2.24, 2.45) is 0 Å². The molecule has 18 heavy (non-hydrogen) atoms. The van der Waals surface area contributed by atoms with E-state index in [4.69, 9.17) is 0 Å². The Morgan fingerprint density at radius 2 is 2.17 bits per heavy atom. The molecule has 2 rings (SSSR count). The summed E-state index contributed by atoms with van der Waals surface area (Å²) in [5.41, 5.74) is 1.16. The van der Waals surface area contributed by atoms with E-state index in [1.165, 1.54) is 9.18 Å². The van der Waals surface area contributed by atoms with Crippen LogP contribution in [0.15, 0.2) is 11.4 Å². The predicted molar refractivity (Wildman–Crippen MR) is 75.0 cm³/mol. The normalized spacial score (nSPS) is 21.6. The van der Waals surface area contributed by atoms with Crippen LogP contribution in [-0.2, 0) is 16.6 Å². The van der Waals surface area contributed by atoms with Crippen molar-refractivity contribution in [3.8, 4) is 0 Å². The van der Waals surface area contributed by atoms with E-state index < -0.39 is 10.2 Å². The number of rotatable bonds is 3. The van der Waals surface area contributed by atoms with Crippen molar-refractivity contribution in [3.63, 3.8) is 0 Å². The first-order valence-corrected chi connectivity index (χ1v) is 8.44. The second-order valence-electron chi connectivity index (χ2n) is 4.95. The van der Waals surface area contributed by atoms with E-state index in [2.05, 4.69) is 0 Å². The van der Waals surface area contributed by atoms with Crippen molar-refractivity contribution < 1.29 is 8.42 Å². The minimum absolute atomic E-state index is 0.0222. The van der Waals surface area contributed by atoms with Gasteiger partial charge in [0.25, 0.3) is 10.2 Å². The van der Waals surface area contributed by atoms with Gasteiger partial charge in [0.05, 0.1) is 0 Å². The Kier molecular flexibility index (Phi) is 3.82. The molecular formula is C12H20N2O2S2. The summed E-state index contributed by atoms with van der Waals surface area (Å²) in [6, 6.07) is 1.96. The van der Waals surface area contributed by atoms with Gasteiger partial charge in [-0.1, -0.05) is 0 Å². The van der Waals surface area contributed by atoms with Crippen molar-refractivity contribution in [2.45, 2.75) is 39.3 Å². The summed E-state index contributed by atoms with van der Waals surface area (Å²) in [7, 11) is -1.71. The minimum atomic E-state index is -3.36. The predicted octanol–water partition coefficient (Wildman–Crippen LogP) is 2.25.